The molecule has 1 saturated carbocycles. The molecule has 0 aliphatic heterocycles. The van der Waals surface area contributed by atoms with Crippen LogP contribution >= 0.6 is 15.9 Å². The summed E-state index contributed by atoms with van der Waals surface area (Å²) in [4.78, 5) is 1.95. The summed E-state index contributed by atoms with van der Waals surface area (Å²) >= 11 is 3.21. The summed E-state index contributed by atoms with van der Waals surface area (Å²) < 4.78 is 0. The van der Waals surface area contributed by atoms with Gasteiger partial charge in [0, 0.05) is 0 Å². The highest BCUT2D eigenvalue weighted by atomic mass is 79.9. The molecule has 0 aromatic rings. The Morgan fingerprint density at radius 3 is 2.33 bits per heavy atom. The van der Waals surface area contributed by atoms with Gasteiger partial charge in [-0.2, -0.15) is 0 Å². The van der Waals surface area contributed by atoms with E-state index in [9.17, 15) is 0 Å². The van der Waals surface area contributed by atoms with E-state index in [2.05, 4.69) is 22.0 Å². The Kier molecular flexibility index (Phi) is 1.30. The maximum Gasteiger partial charge on any atom is -0.0225 e. The van der Waals surface area contributed by atoms with E-state index in [0.29, 0.717) is 0 Å². The van der Waals surface area contributed by atoms with Gasteiger partial charge in [-0.25, -0.2) is 0 Å². The van der Waals surface area contributed by atoms with Crippen LogP contribution in [0.1, 0.15) is 12.8 Å². The molecule has 1 fully saturated rings. The van der Waals surface area contributed by atoms with Crippen molar-refractivity contribution in [2.24, 2.45) is 5.92 Å². The minimum absolute atomic E-state index is 0.921. The quantitative estimate of drug-likeness (QED) is 0.533. The highest BCUT2D eigenvalue weighted by Crippen LogP contribution is 2.30. The molecule has 1 heteroatoms. The minimum atomic E-state index is 0.921. The first-order chi connectivity index (χ1) is 2.93. The van der Waals surface area contributed by atoms with Crippen LogP contribution in [0.3, 0.4) is 0 Å². The van der Waals surface area contributed by atoms with Crippen molar-refractivity contribution in [2.45, 2.75) is 12.8 Å². The first-order valence-electron chi connectivity index (χ1n) is 2.20. The van der Waals surface area contributed by atoms with Crippen LogP contribution in [0.15, 0.2) is 11.1 Å². The Bertz CT molecular complexity index is 62.3. The lowest BCUT2D eigenvalue weighted by molar-refractivity contribution is 1.13. The molecule has 1 rings (SSSR count). The van der Waals surface area contributed by atoms with Crippen molar-refractivity contribution >= 4 is 15.9 Å². The van der Waals surface area contributed by atoms with Crippen molar-refractivity contribution in [2.75, 3.05) is 0 Å². The Hall–Kier alpha value is 0.220. The summed E-state index contributed by atoms with van der Waals surface area (Å²) in [6.07, 6.45) is 5.00. The maximum atomic E-state index is 3.21. The second kappa shape index (κ2) is 1.78. The van der Waals surface area contributed by atoms with Crippen LogP contribution in [0.2, 0.25) is 0 Å². The van der Waals surface area contributed by atoms with Gasteiger partial charge in [-0.05, 0) is 23.7 Å². The van der Waals surface area contributed by atoms with Crippen molar-refractivity contribution in [3.63, 3.8) is 0 Å². The third kappa shape index (κ3) is 1.13. The molecule has 0 N–H and O–H groups in total. The summed E-state index contributed by atoms with van der Waals surface area (Å²) in [6, 6.07) is 0. The monoisotopic (exact) mass is 146 g/mol. The lowest BCUT2D eigenvalue weighted by Gasteiger charge is -1.68. The molecule has 0 saturated heterocycles. The number of allylic oxidation sites excluding steroid dienone is 1. The van der Waals surface area contributed by atoms with E-state index in [-0.39, 0.29) is 0 Å². The van der Waals surface area contributed by atoms with Gasteiger partial charge in [-0.3, -0.25) is 0 Å². The standard InChI is InChI=1S/C5H7Br/c6-4-3-5-1-2-5/h3-5H,1-2H2. The molecule has 34 valence electrons. The van der Waals surface area contributed by atoms with Crippen LogP contribution in [0, 0.1) is 5.92 Å². The van der Waals surface area contributed by atoms with Crippen LogP contribution in [-0.2, 0) is 0 Å². The SMILES string of the molecule is BrC=CC1CC1. The van der Waals surface area contributed by atoms with Gasteiger partial charge < -0.3 is 0 Å². The topological polar surface area (TPSA) is 0 Å². The Morgan fingerprint density at radius 1 is 1.50 bits per heavy atom. The largest absolute Gasteiger partial charge is 0.0745 e. The molecule has 1 aliphatic carbocycles. The fourth-order valence-electron chi connectivity index (χ4n) is 0.392. The lowest BCUT2D eigenvalue weighted by atomic mass is 10.4. The van der Waals surface area contributed by atoms with Gasteiger partial charge in [0.05, 0.1) is 0 Å². The maximum absolute atomic E-state index is 3.21. The van der Waals surface area contributed by atoms with Crippen molar-refractivity contribution in [1.82, 2.24) is 0 Å². The number of rotatable bonds is 1. The Labute approximate surface area is 46.4 Å². The molecule has 0 nitrogen and oxygen atoms in total. The van der Waals surface area contributed by atoms with E-state index in [1.165, 1.54) is 12.8 Å². The van der Waals surface area contributed by atoms with Crippen LogP contribution in [0.25, 0.3) is 0 Å². The van der Waals surface area contributed by atoms with E-state index < -0.39 is 0 Å². The normalized spacial score (nSPS) is 22.8. The number of hydrogen-bond acceptors (Lipinski definition) is 0. The van der Waals surface area contributed by atoms with Gasteiger partial charge in [0.25, 0.3) is 0 Å². The van der Waals surface area contributed by atoms with E-state index in [1.807, 2.05) is 4.99 Å². The van der Waals surface area contributed by atoms with Gasteiger partial charge in [-0.1, -0.05) is 22.0 Å². The third-order valence-corrected chi connectivity index (χ3v) is 1.27. The number of hydrogen-bond donors (Lipinski definition) is 0. The summed E-state index contributed by atoms with van der Waals surface area (Å²) in [6.45, 7) is 0. The van der Waals surface area contributed by atoms with Gasteiger partial charge in [0.2, 0.25) is 0 Å². The van der Waals surface area contributed by atoms with Crippen molar-refractivity contribution in [3.05, 3.63) is 11.1 Å². The zero-order valence-electron chi connectivity index (χ0n) is 3.52. The molecular weight excluding hydrogens is 140 g/mol. The lowest BCUT2D eigenvalue weighted by Crippen LogP contribution is -1.53. The van der Waals surface area contributed by atoms with E-state index >= 15 is 0 Å². The van der Waals surface area contributed by atoms with Gasteiger partial charge in [-0.15, -0.1) is 0 Å². The Balaban J connectivity index is 2.15. The second-order valence-electron chi connectivity index (χ2n) is 1.66. The molecule has 0 radical (unpaired) electrons. The summed E-state index contributed by atoms with van der Waals surface area (Å²) in [7, 11) is 0. The highest BCUT2D eigenvalue weighted by Gasteiger charge is 2.16. The van der Waals surface area contributed by atoms with Gasteiger partial charge in [0.1, 0.15) is 0 Å². The molecule has 0 heterocycles. The van der Waals surface area contributed by atoms with Gasteiger partial charge in [0.15, 0.2) is 0 Å². The van der Waals surface area contributed by atoms with Crippen LogP contribution in [0.5, 0.6) is 0 Å². The fraction of sp³-hybridized carbons (Fsp3) is 0.600. The molecule has 0 aromatic carbocycles. The molecule has 0 unspecified atom stereocenters. The predicted octanol–water partition coefficient (Wildman–Crippen LogP) is 2.31. The van der Waals surface area contributed by atoms with Crippen LogP contribution in [-0.4, -0.2) is 0 Å². The van der Waals surface area contributed by atoms with E-state index in [1.54, 1.807) is 0 Å². The average molecular weight is 147 g/mol. The van der Waals surface area contributed by atoms with Crippen molar-refractivity contribution in [3.8, 4) is 0 Å². The third-order valence-electron chi connectivity index (χ3n) is 0.967. The predicted molar refractivity (Wildman–Crippen MR) is 30.8 cm³/mol. The molecule has 0 aromatic heterocycles. The van der Waals surface area contributed by atoms with Gasteiger partial charge >= 0.3 is 0 Å². The molecule has 0 amide bonds. The van der Waals surface area contributed by atoms with Crippen molar-refractivity contribution < 1.29 is 0 Å². The van der Waals surface area contributed by atoms with Crippen molar-refractivity contribution in [1.29, 1.82) is 0 Å². The highest BCUT2D eigenvalue weighted by molar-refractivity contribution is 9.11. The molecule has 1 aliphatic rings. The molecule has 0 bridgehead atoms. The Morgan fingerprint density at radius 2 is 2.17 bits per heavy atom. The summed E-state index contributed by atoms with van der Waals surface area (Å²) in [5, 5.41) is 0. The minimum Gasteiger partial charge on any atom is -0.0745 e. The zero-order chi connectivity index (χ0) is 4.41. The van der Waals surface area contributed by atoms with Crippen LogP contribution < -0.4 is 0 Å². The van der Waals surface area contributed by atoms with E-state index in [0.717, 1.165) is 5.92 Å². The zero-order valence-corrected chi connectivity index (χ0v) is 5.11. The molecular formula is C5H7Br. The number of halogens is 1. The second-order valence-corrected chi connectivity index (χ2v) is 2.18. The average Bonchev–Trinajstić information content (AvgIpc) is 2.21. The summed E-state index contributed by atoms with van der Waals surface area (Å²) in [5.74, 6) is 0.921. The summed E-state index contributed by atoms with van der Waals surface area (Å²) in [5.41, 5.74) is 0. The first kappa shape index (κ1) is 4.38. The van der Waals surface area contributed by atoms with E-state index in [4.69, 9.17) is 0 Å². The fourth-order valence-corrected chi connectivity index (χ4v) is 0.823. The smallest absolute Gasteiger partial charge is 0.0225 e. The molecule has 0 atom stereocenters. The first-order valence-corrected chi connectivity index (χ1v) is 3.12. The molecule has 6 heavy (non-hydrogen) atoms. The molecule has 0 spiro atoms. The van der Waals surface area contributed by atoms with Crippen LogP contribution in [0.4, 0.5) is 0 Å².